The van der Waals surface area contributed by atoms with E-state index in [2.05, 4.69) is 10.6 Å². The summed E-state index contributed by atoms with van der Waals surface area (Å²) < 4.78 is 15.5. The molecular formula is C24H28N2O6S. The fourth-order valence-corrected chi connectivity index (χ4v) is 2.93. The van der Waals surface area contributed by atoms with Gasteiger partial charge in [-0.1, -0.05) is 0 Å². The fraction of sp³-hybridized carbons (Fsp3) is 0.333. The molecule has 2 aromatic carbocycles. The summed E-state index contributed by atoms with van der Waals surface area (Å²) in [6.45, 7) is 8.98. The molecular weight excluding hydrogens is 444 g/mol. The van der Waals surface area contributed by atoms with Crippen molar-refractivity contribution in [2.45, 2.75) is 46.8 Å². The Morgan fingerprint density at radius 1 is 0.758 bits per heavy atom. The van der Waals surface area contributed by atoms with Crippen LogP contribution in [0.5, 0.6) is 0 Å². The van der Waals surface area contributed by atoms with Gasteiger partial charge in [0.05, 0.1) is 35.5 Å². The Bertz CT molecular complexity index is 978. The smallest absolute Gasteiger partial charge is 0.338 e. The van der Waals surface area contributed by atoms with Gasteiger partial charge in [-0.25, -0.2) is 14.4 Å². The Hall–Kier alpha value is -3.46. The predicted molar refractivity (Wildman–Crippen MR) is 130 cm³/mol. The van der Waals surface area contributed by atoms with E-state index in [0.717, 1.165) is 0 Å². The zero-order valence-electron chi connectivity index (χ0n) is 19.3. The largest absolute Gasteiger partial charge is 0.462 e. The predicted octanol–water partition coefficient (Wildman–Crippen LogP) is 4.80. The number of hydrogen-bond donors (Lipinski definition) is 2. The van der Waals surface area contributed by atoms with Crippen LogP contribution in [0.3, 0.4) is 0 Å². The number of hydrogen-bond acceptors (Lipinski definition) is 7. The fourth-order valence-electron chi connectivity index (χ4n) is 2.70. The number of thiocarbonyl (C=S) groups is 1. The van der Waals surface area contributed by atoms with Gasteiger partial charge in [-0.3, -0.25) is 0 Å². The molecule has 2 N–H and O–H groups in total. The van der Waals surface area contributed by atoms with Crippen molar-refractivity contribution in [1.29, 1.82) is 0 Å². The molecule has 176 valence electrons. The van der Waals surface area contributed by atoms with E-state index >= 15 is 0 Å². The van der Waals surface area contributed by atoms with Crippen LogP contribution in [0.1, 0.15) is 65.7 Å². The molecule has 8 nitrogen and oxygen atoms in total. The van der Waals surface area contributed by atoms with Crippen molar-refractivity contribution >= 4 is 46.6 Å². The molecule has 2 aromatic rings. The second-order valence-electron chi connectivity index (χ2n) is 7.58. The number of benzene rings is 2. The molecule has 0 aliphatic carbocycles. The average Bonchev–Trinajstić information content (AvgIpc) is 2.73. The maximum Gasteiger partial charge on any atom is 0.338 e. The van der Waals surface area contributed by atoms with Crippen molar-refractivity contribution < 1.29 is 28.6 Å². The van der Waals surface area contributed by atoms with Crippen LogP contribution in [0.25, 0.3) is 0 Å². The molecule has 0 fully saturated rings. The van der Waals surface area contributed by atoms with Crippen LogP contribution in [0, 0.1) is 0 Å². The lowest BCUT2D eigenvalue weighted by Gasteiger charge is -2.15. The van der Waals surface area contributed by atoms with Gasteiger partial charge >= 0.3 is 17.9 Å². The van der Waals surface area contributed by atoms with Gasteiger partial charge in [-0.15, -0.1) is 0 Å². The number of nitrogens with one attached hydrogen (secondary N) is 2. The molecule has 9 heteroatoms. The van der Waals surface area contributed by atoms with E-state index < -0.39 is 17.9 Å². The van der Waals surface area contributed by atoms with Crippen LogP contribution in [0.4, 0.5) is 11.4 Å². The third-order valence-corrected chi connectivity index (χ3v) is 4.21. The Morgan fingerprint density at radius 2 is 1.24 bits per heavy atom. The SMILES string of the molecule is CCOC(=O)c1ccc(NC(=S)Nc2cc(C(=O)OC(C)C)cc(C(=O)OC(C)C)c2)cc1. The molecule has 0 bridgehead atoms. The van der Waals surface area contributed by atoms with E-state index in [1.807, 2.05) is 0 Å². The van der Waals surface area contributed by atoms with Crippen molar-refractivity contribution in [3.8, 4) is 0 Å². The quantitative estimate of drug-likeness (QED) is 0.318. The average molecular weight is 473 g/mol. The van der Waals surface area contributed by atoms with Crippen LogP contribution in [-0.4, -0.2) is 41.8 Å². The molecule has 0 saturated carbocycles. The maximum atomic E-state index is 12.4. The molecule has 0 unspecified atom stereocenters. The lowest BCUT2D eigenvalue weighted by atomic mass is 10.1. The third-order valence-electron chi connectivity index (χ3n) is 4.00. The first-order chi connectivity index (χ1) is 15.6. The van der Waals surface area contributed by atoms with E-state index in [-0.39, 0.29) is 28.4 Å². The lowest BCUT2D eigenvalue weighted by Crippen LogP contribution is -2.21. The van der Waals surface area contributed by atoms with E-state index in [9.17, 15) is 14.4 Å². The first-order valence-electron chi connectivity index (χ1n) is 10.5. The van der Waals surface area contributed by atoms with Crippen molar-refractivity contribution in [1.82, 2.24) is 0 Å². The molecule has 0 aromatic heterocycles. The normalized spacial score (nSPS) is 10.5. The minimum Gasteiger partial charge on any atom is -0.462 e. The Kier molecular flexibility index (Phi) is 9.35. The van der Waals surface area contributed by atoms with E-state index in [1.165, 1.54) is 18.2 Å². The van der Waals surface area contributed by atoms with Crippen molar-refractivity contribution in [2.75, 3.05) is 17.2 Å². The Morgan fingerprint density at radius 3 is 1.70 bits per heavy atom. The first kappa shape index (κ1) is 25.8. The summed E-state index contributed by atoms with van der Waals surface area (Å²) in [6, 6.07) is 11.1. The van der Waals surface area contributed by atoms with Crippen LogP contribution >= 0.6 is 12.2 Å². The van der Waals surface area contributed by atoms with Crippen LogP contribution in [0.15, 0.2) is 42.5 Å². The summed E-state index contributed by atoms with van der Waals surface area (Å²) >= 11 is 5.36. The van der Waals surface area contributed by atoms with Gasteiger partial charge in [0.1, 0.15) is 0 Å². The summed E-state index contributed by atoms with van der Waals surface area (Å²) in [7, 11) is 0. The van der Waals surface area contributed by atoms with Gasteiger partial charge in [0.25, 0.3) is 0 Å². The van der Waals surface area contributed by atoms with Gasteiger partial charge < -0.3 is 24.8 Å². The molecule has 0 aliphatic heterocycles. The van der Waals surface area contributed by atoms with E-state index in [4.69, 9.17) is 26.4 Å². The highest BCUT2D eigenvalue weighted by molar-refractivity contribution is 7.80. The highest BCUT2D eigenvalue weighted by atomic mass is 32.1. The number of rotatable bonds is 8. The van der Waals surface area contributed by atoms with Crippen LogP contribution in [-0.2, 0) is 14.2 Å². The number of carbonyl (C=O) groups is 3. The number of ether oxygens (including phenoxy) is 3. The number of esters is 3. The topological polar surface area (TPSA) is 103 Å². The zero-order chi connectivity index (χ0) is 24.5. The minimum absolute atomic E-state index is 0.186. The Balaban J connectivity index is 2.20. The third kappa shape index (κ3) is 8.19. The van der Waals surface area contributed by atoms with Gasteiger partial charge in [0, 0.05) is 11.4 Å². The second-order valence-corrected chi connectivity index (χ2v) is 7.99. The van der Waals surface area contributed by atoms with Gasteiger partial charge in [-0.2, -0.15) is 0 Å². The highest BCUT2D eigenvalue weighted by Gasteiger charge is 2.17. The molecule has 2 rings (SSSR count). The van der Waals surface area contributed by atoms with Crippen LogP contribution in [0.2, 0.25) is 0 Å². The summed E-state index contributed by atoms with van der Waals surface area (Å²) in [4.78, 5) is 36.6. The van der Waals surface area contributed by atoms with Gasteiger partial charge in [0.2, 0.25) is 0 Å². The monoisotopic (exact) mass is 472 g/mol. The number of carbonyl (C=O) groups excluding carboxylic acids is 3. The molecule has 33 heavy (non-hydrogen) atoms. The molecule has 0 aliphatic rings. The minimum atomic E-state index is -0.569. The molecule has 0 saturated heterocycles. The van der Waals surface area contributed by atoms with Gasteiger partial charge in [-0.05, 0) is 89.3 Å². The highest BCUT2D eigenvalue weighted by Crippen LogP contribution is 2.19. The molecule has 0 amide bonds. The molecule has 0 heterocycles. The number of anilines is 2. The molecule has 0 radical (unpaired) electrons. The lowest BCUT2D eigenvalue weighted by molar-refractivity contribution is 0.0376. The van der Waals surface area contributed by atoms with Crippen molar-refractivity contribution in [3.63, 3.8) is 0 Å². The van der Waals surface area contributed by atoms with Gasteiger partial charge in [0.15, 0.2) is 5.11 Å². The second kappa shape index (κ2) is 12.0. The first-order valence-corrected chi connectivity index (χ1v) is 10.9. The molecule has 0 spiro atoms. The summed E-state index contributed by atoms with van der Waals surface area (Å²) in [5.41, 5.74) is 1.84. The maximum absolute atomic E-state index is 12.4. The molecule has 0 atom stereocenters. The van der Waals surface area contributed by atoms with Crippen molar-refractivity contribution in [3.05, 3.63) is 59.2 Å². The van der Waals surface area contributed by atoms with E-state index in [0.29, 0.717) is 23.5 Å². The Labute approximate surface area is 198 Å². The standard InChI is InChI=1S/C24H28N2O6S/c1-6-30-21(27)16-7-9-19(10-8-16)25-24(33)26-20-12-17(22(28)31-14(2)3)11-18(13-20)23(29)32-15(4)5/h7-15H,6H2,1-5H3,(H2,25,26,33). The van der Waals surface area contributed by atoms with Crippen molar-refractivity contribution in [2.24, 2.45) is 0 Å². The van der Waals surface area contributed by atoms with E-state index in [1.54, 1.807) is 58.9 Å². The summed E-state index contributed by atoms with van der Waals surface area (Å²) in [6.07, 6.45) is -0.638. The summed E-state index contributed by atoms with van der Waals surface area (Å²) in [5.74, 6) is -1.54. The summed E-state index contributed by atoms with van der Waals surface area (Å²) in [5, 5.41) is 6.16. The van der Waals surface area contributed by atoms with Crippen LogP contribution < -0.4 is 10.6 Å². The zero-order valence-corrected chi connectivity index (χ0v) is 20.1.